The van der Waals surface area contributed by atoms with Gasteiger partial charge in [0.1, 0.15) is 5.75 Å². The first-order chi connectivity index (χ1) is 15.4. The third kappa shape index (κ3) is 8.81. The minimum atomic E-state index is -0.155. The van der Waals surface area contributed by atoms with Gasteiger partial charge in [-0.3, -0.25) is 9.59 Å². The fourth-order valence-electron chi connectivity index (χ4n) is 3.33. The van der Waals surface area contributed by atoms with E-state index in [1.165, 1.54) is 5.56 Å². The highest BCUT2D eigenvalue weighted by atomic mass is 16.5. The van der Waals surface area contributed by atoms with E-state index in [0.29, 0.717) is 6.54 Å². The van der Waals surface area contributed by atoms with Crippen LogP contribution in [0.15, 0.2) is 54.6 Å². The zero-order valence-corrected chi connectivity index (χ0v) is 19.2. The first-order valence-corrected chi connectivity index (χ1v) is 11.2. The molecule has 0 aliphatic heterocycles. The van der Waals surface area contributed by atoms with Crippen LogP contribution >= 0.6 is 0 Å². The minimum absolute atomic E-state index is 0.00741. The maximum atomic E-state index is 12.7. The van der Waals surface area contributed by atoms with Gasteiger partial charge in [-0.2, -0.15) is 5.26 Å². The molecule has 2 rings (SSSR count). The molecule has 32 heavy (non-hydrogen) atoms. The number of hydrogen-bond donors (Lipinski definition) is 1. The highest BCUT2D eigenvalue weighted by Gasteiger charge is 2.17. The molecule has 2 aromatic carbocycles. The predicted octanol–water partition coefficient (Wildman–Crippen LogP) is 4.64. The number of para-hydroxylation sites is 1. The van der Waals surface area contributed by atoms with Crippen LogP contribution in [0.2, 0.25) is 0 Å². The molecular weight excluding hydrogens is 402 g/mol. The molecule has 170 valence electrons. The van der Waals surface area contributed by atoms with Crippen LogP contribution in [-0.2, 0) is 16.0 Å². The Labute approximate surface area is 191 Å². The van der Waals surface area contributed by atoms with Crippen LogP contribution in [0.25, 0.3) is 0 Å². The fourth-order valence-corrected chi connectivity index (χ4v) is 3.33. The SMILES string of the molecule is CC(CCc1ccc(OC(C)C)cc1)NC(=O)CCC(=O)N(CCC#N)c1ccccc1. The van der Waals surface area contributed by atoms with E-state index in [9.17, 15) is 9.59 Å². The molecule has 1 unspecified atom stereocenters. The zero-order valence-electron chi connectivity index (χ0n) is 19.2. The van der Waals surface area contributed by atoms with E-state index in [-0.39, 0.29) is 43.2 Å². The van der Waals surface area contributed by atoms with Crippen molar-refractivity contribution in [2.24, 2.45) is 0 Å². The number of nitrogens with one attached hydrogen (secondary N) is 1. The van der Waals surface area contributed by atoms with E-state index < -0.39 is 0 Å². The summed E-state index contributed by atoms with van der Waals surface area (Å²) in [5.41, 5.74) is 1.93. The summed E-state index contributed by atoms with van der Waals surface area (Å²) in [7, 11) is 0. The summed E-state index contributed by atoms with van der Waals surface area (Å²) in [4.78, 5) is 26.6. The van der Waals surface area contributed by atoms with Crippen LogP contribution in [0.1, 0.15) is 52.0 Å². The monoisotopic (exact) mass is 435 g/mol. The number of anilines is 1. The molecule has 0 radical (unpaired) electrons. The number of aryl methyl sites for hydroxylation is 1. The summed E-state index contributed by atoms with van der Waals surface area (Å²) in [6.07, 6.45) is 2.28. The molecule has 0 aliphatic carbocycles. The lowest BCUT2D eigenvalue weighted by molar-refractivity contribution is -0.125. The van der Waals surface area contributed by atoms with Crippen LogP contribution in [-0.4, -0.2) is 30.5 Å². The lowest BCUT2D eigenvalue weighted by Gasteiger charge is -2.22. The van der Waals surface area contributed by atoms with Crippen LogP contribution in [0.5, 0.6) is 5.75 Å². The van der Waals surface area contributed by atoms with Crippen LogP contribution < -0.4 is 15.0 Å². The Kier molecular flexibility index (Phi) is 10.3. The van der Waals surface area contributed by atoms with Gasteiger partial charge in [0.15, 0.2) is 0 Å². The molecule has 0 heterocycles. The highest BCUT2D eigenvalue weighted by molar-refractivity contribution is 5.95. The molecule has 1 N–H and O–H groups in total. The van der Waals surface area contributed by atoms with E-state index in [1.807, 2.05) is 75.4 Å². The van der Waals surface area contributed by atoms with Crippen molar-refractivity contribution < 1.29 is 14.3 Å². The van der Waals surface area contributed by atoms with Gasteiger partial charge in [-0.05, 0) is 63.4 Å². The van der Waals surface area contributed by atoms with Crippen molar-refractivity contribution in [1.29, 1.82) is 5.26 Å². The second-order valence-corrected chi connectivity index (χ2v) is 8.11. The van der Waals surface area contributed by atoms with Crippen LogP contribution in [0.3, 0.4) is 0 Å². The molecule has 6 heteroatoms. The minimum Gasteiger partial charge on any atom is -0.491 e. The molecule has 6 nitrogen and oxygen atoms in total. The number of carbonyl (C=O) groups is 2. The maximum Gasteiger partial charge on any atom is 0.227 e. The number of nitriles is 1. The topological polar surface area (TPSA) is 82.4 Å². The Bertz CT molecular complexity index is 889. The van der Waals surface area contributed by atoms with Crippen molar-refractivity contribution in [1.82, 2.24) is 5.32 Å². The van der Waals surface area contributed by atoms with Crippen molar-refractivity contribution in [2.45, 2.75) is 65.0 Å². The number of nitrogens with zero attached hydrogens (tertiary/aromatic N) is 2. The molecule has 2 amide bonds. The number of rotatable bonds is 12. The molecule has 0 saturated carbocycles. The number of carbonyl (C=O) groups excluding carboxylic acids is 2. The van der Waals surface area contributed by atoms with E-state index >= 15 is 0 Å². The third-order valence-electron chi connectivity index (χ3n) is 4.95. The second kappa shape index (κ2) is 13.2. The van der Waals surface area contributed by atoms with E-state index in [4.69, 9.17) is 10.00 Å². The van der Waals surface area contributed by atoms with Crippen molar-refractivity contribution >= 4 is 17.5 Å². The smallest absolute Gasteiger partial charge is 0.227 e. The zero-order chi connectivity index (χ0) is 23.3. The van der Waals surface area contributed by atoms with Crippen molar-refractivity contribution in [2.75, 3.05) is 11.4 Å². The molecule has 0 saturated heterocycles. The summed E-state index contributed by atoms with van der Waals surface area (Å²) in [6, 6.07) is 19.3. The third-order valence-corrected chi connectivity index (χ3v) is 4.95. The van der Waals surface area contributed by atoms with Gasteiger partial charge < -0.3 is 15.0 Å². The van der Waals surface area contributed by atoms with Crippen molar-refractivity contribution in [3.05, 3.63) is 60.2 Å². The highest BCUT2D eigenvalue weighted by Crippen LogP contribution is 2.17. The standard InChI is InChI=1S/C26H33N3O3/c1-20(2)32-24-14-12-22(13-15-24)11-10-21(3)28-25(30)16-17-26(31)29(19-7-18-27)23-8-5-4-6-9-23/h4-6,8-9,12-15,20-21H,7,10-11,16-17,19H2,1-3H3,(H,28,30). The largest absolute Gasteiger partial charge is 0.491 e. The maximum absolute atomic E-state index is 12.7. The van der Waals surface area contributed by atoms with Gasteiger partial charge in [-0.1, -0.05) is 30.3 Å². The van der Waals surface area contributed by atoms with Crippen LogP contribution in [0.4, 0.5) is 5.69 Å². The number of ether oxygens (including phenoxy) is 1. The second-order valence-electron chi connectivity index (χ2n) is 8.11. The first kappa shape index (κ1) is 24.9. The predicted molar refractivity (Wildman–Crippen MR) is 126 cm³/mol. The molecule has 0 fully saturated rings. The molecule has 2 aromatic rings. The molecule has 1 atom stereocenters. The van der Waals surface area contributed by atoms with Gasteiger partial charge in [-0.25, -0.2) is 0 Å². The summed E-state index contributed by atoms with van der Waals surface area (Å²) in [6.45, 7) is 6.28. The summed E-state index contributed by atoms with van der Waals surface area (Å²) in [5.74, 6) is 0.562. The average Bonchev–Trinajstić information content (AvgIpc) is 2.78. The van der Waals surface area contributed by atoms with E-state index in [2.05, 4.69) is 11.4 Å². The lowest BCUT2D eigenvalue weighted by Crippen LogP contribution is -2.35. The summed E-state index contributed by atoms with van der Waals surface area (Å²) in [5, 5.41) is 11.9. The Balaban J connectivity index is 1.77. The summed E-state index contributed by atoms with van der Waals surface area (Å²) >= 11 is 0. The average molecular weight is 436 g/mol. The number of hydrogen-bond acceptors (Lipinski definition) is 4. The van der Waals surface area contributed by atoms with Gasteiger partial charge in [0.25, 0.3) is 0 Å². The Morgan fingerprint density at radius 2 is 1.72 bits per heavy atom. The normalized spacial score (nSPS) is 11.5. The number of amides is 2. The van der Waals surface area contributed by atoms with E-state index in [1.54, 1.807) is 4.90 Å². The first-order valence-electron chi connectivity index (χ1n) is 11.2. The molecule has 0 bridgehead atoms. The molecule has 0 aliphatic rings. The van der Waals surface area contributed by atoms with Gasteiger partial charge in [0.2, 0.25) is 11.8 Å². The van der Waals surface area contributed by atoms with Gasteiger partial charge >= 0.3 is 0 Å². The fraction of sp³-hybridized carbons (Fsp3) is 0.423. The van der Waals surface area contributed by atoms with Gasteiger partial charge in [0, 0.05) is 31.1 Å². The van der Waals surface area contributed by atoms with Gasteiger partial charge in [0.05, 0.1) is 18.6 Å². The molecule has 0 spiro atoms. The van der Waals surface area contributed by atoms with Gasteiger partial charge in [-0.15, -0.1) is 0 Å². The lowest BCUT2D eigenvalue weighted by atomic mass is 10.1. The Morgan fingerprint density at radius 3 is 2.34 bits per heavy atom. The van der Waals surface area contributed by atoms with Crippen molar-refractivity contribution in [3.63, 3.8) is 0 Å². The molecular formula is C26H33N3O3. The van der Waals surface area contributed by atoms with E-state index in [0.717, 1.165) is 24.3 Å². The Morgan fingerprint density at radius 1 is 1.03 bits per heavy atom. The molecule has 0 aromatic heterocycles. The van der Waals surface area contributed by atoms with Crippen LogP contribution in [0, 0.1) is 11.3 Å². The number of benzene rings is 2. The summed E-state index contributed by atoms with van der Waals surface area (Å²) < 4.78 is 5.66. The quantitative estimate of drug-likeness (QED) is 0.527. The van der Waals surface area contributed by atoms with Crippen molar-refractivity contribution in [3.8, 4) is 11.8 Å². The Hall–Kier alpha value is -3.33.